The highest BCUT2D eigenvalue weighted by atomic mass is 35.5. The van der Waals surface area contributed by atoms with Crippen LogP contribution in [0.1, 0.15) is 34.5 Å². The van der Waals surface area contributed by atoms with Crippen LogP contribution in [-0.4, -0.2) is 42.9 Å². The Morgan fingerprint density at radius 2 is 1.97 bits per heavy atom. The molecule has 0 spiro atoms. The number of rotatable bonds is 4. The van der Waals surface area contributed by atoms with Gasteiger partial charge >= 0.3 is 0 Å². The van der Waals surface area contributed by atoms with E-state index in [1.807, 2.05) is 48.3 Å². The van der Waals surface area contributed by atoms with E-state index in [-0.39, 0.29) is 11.8 Å². The number of anilines is 1. The summed E-state index contributed by atoms with van der Waals surface area (Å²) in [6.45, 7) is 1.50. The molecule has 3 heterocycles. The van der Waals surface area contributed by atoms with Crippen LogP contribution in [0.4, 0.5) is 5.69 Å². The third kappa shape index (κ3) is 4.32. The van der Waals surface area contributed by atoms with Gasteiger partial charge in [-0.1, -0.05) is 23.7 Å². The molecular weight excluding hydrogens is 438 g/mol. The summed E-state index contributed by atoms with van der Waals surface area (Å²) in [6, 6.07) is 16.9. The second kappa shape index (κ2) is 8.89. The van der Waals surface area contributed by atoms with Gasteiger partial charge in [-0.3, -0.25) is 9.59 Å². The molecule has 0 unspecified atom stereocenters. The number of nitrogens with zero attached hydrogens (tertiary/aromatic N) is 1. The summed E-state index contributed by atoms with van der Waals surface area (Å²) in [7, 11) is 1.96. The number of hydrogen-bond acceptors (Lipinski definition) is 4. The second-order valence-corrected chi connectivity index (χ2v) is 8.78. The van der Waals surface area contributed by atoms with Gasteiger partial charge in [0.05, 0.1) is 5.57 Å². The first-order valence-electron chi connectivity index (χ1n) is 11.0. The maximum atomic E-state index is 13.0. The SMILES string of the molecule is CNC1CCN(C(=O)c2cccc(-c3ccc(/C=C4/C(=O)Nc5ccc(Cl)cc54)o3)c2)CC1. The lowest BCUT2D eigenvalue weighted by Gasteiger charge is -2.31. The fourth-order valence-electron chi connectivity index (χ4n) is 4.39. The van der Waals surface area contributed by atoms with Crippen LogP contribution < -0.4 is 10.6 Å². The van der Waals surface area contributed by atoms with Crippen molar-refractivity contribution < 1.29 is 14.0 Å². The van der Waals surface area contributed by atoms with Crippen molar-refractivity contribution in [1.82, 2.24) is 10.2 Å². The molecule has 2 aromatic carbocycles. The number of nitrogens with one attached hydrogen (secondary N) is 2. The Bertz CT molecular complexity index is 1260. The average Bonchev–Trinajstić information content (AvgIpc) is 3.43. The molecule has 0 aliphatic carbocycles. The second-order valence-electron chi connectivity index (χ2n) is 8.34. The summed E-state index contributed by atoms with van der Waals surface area (Å²) >= 11 is 6.11. The van der Waals surface area contributed by atoms with Crippen molar-refractivity contribution in [3.63, 3.8) is 0 Å². The first-order chi connectivity index (χ1) is 16.0. The molecule has 2 amide bonds. The molecule has 168 valence electrons. The van der Waals surface area contributed by atoms with Gasteiger partial charge in [0.2, 0.25) is 0 Å². The molecule has 6 nitrogen and oxygen atoms in total. The third-order valence-electron chi connectivity index (χ3n) is 6.26. The number of fused-ring (bicyclic) bond motifs is 1. The van der Waals surface area contributed by atoms with Gasteiger partial charge in [-0.15, -0.1) is 0 Å². The molecule has 0 atom stereocenters. The van der Waals surface area contributed by atoms with E-state index in [2.05, 4.69) is 10.6 Å². The Labute approximate surface area is 197 Å². The van der Waals surface area contributed by atoms with Crippen LogP contribution in [0.25, 0.3) is 23.0 Å². The zero-order valence-electron chi connectivity index (χ0n) is 18.2. The van der Waals surface area contributed by atoms with Crippen molar-refractivity contribution in [3.05, 3.63) is 76.5 Å². The topological polar surface area (TPSA) is 74.6 Å². The summed E-state index contributed by atoms with van der Waals surface area (Å²) in [5, 5.41) is 6.69. The van der Waals surface area contributed by atoms with Gasteiger partial charge in [0.1, 0.15) is 11.5 Å². The zero-order chi connectivity index (χ0) is 22.9. The van der Waals surface area contributed by atoms with Gasteiger partial charge in [-0.25, -0.2) is 0 Å². The predicted octanol–water partition coefficient (Wildman–Crippen LogP) is 4.92. The van der Waals surface area contributed by atoms with Gasteiger partial charge in [0.25, 0.3) is 11.8 Å². The number of furan rings is 1. The number of carbonyl (C=O) groups excluding carboxylic acids is 2. The van der Waals surface area contributed by atoms with Crippen LogP contribution >= 0.6 is 11.6 Å². The molecule has 0 bridgehead atoms. The first-order valence-corrected chi connectivity index (χ1v) is 11.4. The van der Waals surface area contributed by atoms with Gasteiger partial charge in [-0.05, 0) is 68.4 Å². The standard InChI is InChI=1S/C26H24ClN3O3/c1-28-19-9-11-30(12-10-19)26(32)17-4-2-3-16(13-17)24-8-6-20(33-24)15-22-21-14-18(27)5-7-23(21)29-25(22)31/h2-8,13-15,19,28H,9-12H2,1H3,(H,29,31)/b22-15+. The average molecular weight is 462 g/mol. The Hall–Kier alpha value is -3.35. The monoisotopic (exact) mass is 461 g/mol. The molecule has 33 heavy (non-hydrogen) atoms. The minimum atomic E-state index is -0.195. The normalized spacial score (nSPS) is 17.3. The van der Waals surface area contributed by atoms with Gasteiger partial charge in [0.15, 0.2) is 0 Å². The smallest absolute Gasteiger partial charge is 0.256 e. The Morgan fingerprint density at radius 1 is 1.15 bits per heavy atom. The number of hydrogen-bond donors (Lipinski definition) is 2. The van der Waals surface area contributed by atoms with Gasteiger partial charge in [0, 0.05) is 46.5 Å². The minimum Gasteiger partial charge on any atom is -0.457 e. The lowest BCUT2D eigenvalue weighted by Crippen LogP contribution is -2.43. The van der Waals surface area contributed by atoms with Crippen LogP contribution in [0.15, 0.2) is 59.0 Å². The Kier molecular flexibility index (Phi) is 5.79. The van der Waals surface area contributed by atoms with E-state index in [1.165, 1.54) is 0 Å². The highest BCUT2D eigenvalue weighted by molar-refractivity contribution is 6.36. The maximum absolute atomic E-state index is 13.0. The van der Waals surface area contributed by atoms with E-state index in [4.69, 9.17) is 16.0 Å². The lowest BCUT2D eigenvalue weighted by atomic mass is 10.0. The van der Waals surface area contributed by atoms with Gasteiger partial charge < -0.3 is 20.0 Å². The maximum Gasteiger partial charge on any atom is 0.256 e. The quantitative estimate of drug-likeness (QED) is 0.541. The van der Waals surface area contributed by atoms with Crippen LogP contribution in [0.3, 0.4) is 0 Å². The number of halogens is 1. The molecule has 7 heteroatoms. The van der Waals surface area contributed by atoms with Crippen molar-refractivity contribution in [3.8, 4) is 11.3 Å². The summed E-state index contributed by atoms with van der Waals surface area (Å²) < 4.78 is 6.01. The molecular formula is C26H24ClN3O3. The highest BCUT2D eigenvalue weighted by Crippen LogP contribution is 2.35. The van der Waals surface area contributed by atoms with Crippen molar-refractivity contribution in [2.75, 3.05) is 25.5 Å². The molecule has 1 aromatic heterocycles. The van der Waals surface area contributed by atoms with E-state index >= 15 is 0 Å². The summed E-state index contributed by atoms with van der Waals surface area (Å²) in [5.41, 5.74) is 3.44. The van der Waals surface area contributed by atoms with E-state index in [0.717, 1.165) is 42.7 Å². The van der Waals surface area contributed by atoms with Crippen molar-refractivity contribution in [2.45, 2.75) is 18.9 Å². The van der Waals surface area contributed by atoms with E-state index in [9.17, 15) is 9.59 Å². The minimum absolute atomic E-state index is 0.0383. The van der Waals surface area contributed by atoms with Crippen molar-refractivity contribution >= 4 is 40.8 Å². The number of likely N-dealkylation sites (tertiary alicyclic amines) is 1. The van der Waals surface area contributed by atoms with Crippen molar-refractivity contribution in [2.24, 2.45) is 0 Å². The summed E-state index contributed by atoms with van der Waals surface area (Å²) in [6.07, 6.45) is 3.63. The molecule has 0 radical (unpaired) electrons. The number of piperidine rings is 1. The Morgan fingerprint density at radius 3 is 2.76 bits per heavy atom. The largest absolute Gasteiger partial charge is 0.457 e. The molecule has 2 N–H and O–H groups in total. The molecule has 1 saturated heterocycles. The lowest BCUT2D eigenvalue weighted by molar-refractivity contribution is -0.110. The fourth-order valence-corrected chi connectivity index (χ4v) is 4.56. The molecule has 0 saturated carbocycles. The van der Waals surface area contributed by atoms with E-state index in [1.54, 1.807) is 24.3 Å². The number of carbonyl (C=O) groups is 2. The summed E-state index contributed by atoms with van der Waals surface area (Å²) in [5.74, 6) is 1.03. The van der Waals surface area contributed by atoms with E-state index in [0.29, 0.717) is 33.7 Å². The first kappa shape index (κ1) is 21.5. The molecule has 3 aromatic rings. The van der Waals surface area contributed by atoms with Crippen LogP contribution in [0, 0.1) is 0 Å². The third-order valence-corrected chi connectivity index (χ3v) is 6.50. The Balaban J connectivity index is 1.37. The molecule has 1 fully saturated rings. The molecule has 2 aliphatic heterocycles. The number of benzene rings is 2. The molecule has 2 aliphatic rings. The summed E-state index contributed by atoms with van der Waals surface area (Å²) in [4.78, 5) is 27.3. The molecule has 5 rings (SSSR count). The van der Waals surface area contributed by atoms with Crippen LogP contribution in [0.5, 0.6) is 0 Å². The van der Waals surface area contributed by atoms with Crippen LogP contribution in [0.2, 0.25) is 5.02 Å². The number of amides is 2. The highest BCUT2D eigenvalue weighted by Gasteiger charge is 2.25. The van der Waals surface area contributed by atoms with Crippen LogP contribution in [-0.2, 0) is 4.79 Å². The zero-order valence-corrected chi connectivity index (χ0v) is 19.0. The van der Waals surface area contributed by atoms with E-state index < -0.39 is 0 Å². The van der Waals surface area contributed by atoms with Gasteiger partial charge in [-0.2, -0.15) is 0 Å². The van der Waals surface area contributed by atoms with Crippen molar-refractivity contribution in [1.29, 1.82) is 0 Å². The fraction of sp³-hybridized carbons (Fsp3) is 0.231. The predicted molar refractivity (Wildman–Crippen MR) is 130 cm³/mol.